The number of hydrogen-bond donors (Lipinski definition) is 1. The van der Waals surface area contributed by atoms with Gasteiger partial charge < -0.3 is 9.88 Å². The van der Waals surface area contributed by atoms with Gasteiger partial charge in [-0.05, 0) is 48.5 Å². The standard InChI is InChI=1S/C11H12ClIN4/c12-9-5-15-10-8(13)6-17(11(10)16-9)7-1-3-14-4-2-7/h5-7,14H,1-4H2. The molecule has 0 atom stereocenters. The normalized spacial score (nSPS) is 17.8. The second-order valence-corrected chi connectivity index (χ2v) is 5.78. The van der Waals surface area contributed by atoms with Gasteiger partial charge in [0.15, 0.2) is 5.65 Å². The lowest BCUT2D eigenvalue weighted by molar-refractivity contribution is 0.374. The van der Waals surface area contributed by atoms with Gasteiger partial charge in [0.05, 0.1) is 9.77 Å². The first-order valence-electron chi connectivity index (χ1n) is 5.65. The van der Waals surface area contributed by atoms with Crippen molar-refractivity contribution in [2.75, 3.05) is 13.1 Å². The fourth-order valence-electron chi connectivity index (χ4n) is 2.31. The van der Waals surface area contributed by atoms with Crippen LogP contribution in [-0.4, -0.2) is 27.6 Å². The molecule has 0 aliphatic carbocycles. The first-order chi connectivity index (χ1) is 8.25. The monoisotopic (exact) mass is 362 g/mol. The average Bonchev–Trinajstić information content (AvgIpc) is 2.67. The van der Waals surface area contributed by atoms with Gasteiger partial charge in [0.25, 0.3) is 0 Å². The van der Waals surface area contributed by atoms with Crippen LogP contribution in [-0.2, 0) is 0 Å². The van der Waals surface area contributed by atoms with E-state index in [1.54, 1.807) is 6.20 Å². The second-order valence-electron chi connectivity index (χ2n) is 4.23. The zero-order valence-corrected chi connectivity index (χ0v) is 12.1. The van der Waals surface area contributed by atoms with Crippen LogP contribution in [0.4, 0.5) is 0 Å². The summed E-state index contributed by atoms with van der Waals surface area (Å²) in [5.74, 6) is 0. The van der Waals surface area contributed by atoms with E-state index in [1.165, 1.54) is 0 Å². The second kappa shape index (κ2) is 4.70. The Balaban J connectivity index is 2.11. The summed E-state index contributed by atoms with van der Waals surface area (Å²) in [6, 6.07) is 0.509. The van der Waals surface area contributed by atoms with Crippen LogP contribution in [0.1, 0.15) is 18.9 Å². The molecule has 3 rings (SSSR count). The number of rotatable bonds is 1. The van der Waals surface area contributed by atoms with Crippen LogP contribution < -0.4 is 5.32 Å². The van der Waals surface area contributed by atoms with E-state index in [9.17, 15) is 0 Å². The molecule has 0 amide bonds. The molecule has 90 valence electrons. The highest BCUT2D eigenvalue weighted by molar-refractivity contribution is 14.1. The molecular formula is C11H12ClIN4. The largest absolute Gasteiger partial charge is 0.327 e. The highest BCUT2D eigenvalue weighted by atomic mass is 127. The van der Waals surface area contributed by atoms with Crippen LogP contribution in [0.15, 0.2) is 12.4 Å². The fourth-order valence-corrected chi connectivity index (χ4v) is 3.12. The molecular weight excluding hydrogens is 351 g/mol. The predicted molar refractivity (Wildman–Crippen MR) is 76.4 cm³/mol. The number of nitrogens with zero attached hydrogens (tertiary/aromatic N) is 3. The van der Waals surface area contributed by atoms with E-state index in [0.29, 0.717) is 11.2 Å². The van der Waals surface area contributed by atoms with Crippen LogP contribution in [0.2, 0.25) is 5.15 Å². The van der Waals surface area contributed by atoms with Gasteiger partial charge in [-0.2, -0.15) is 0 Å². The number of fused-ring (bicyclic) bond motifs is 1. The van der Waals surface area contributed by atoms with E-state index in [4.69, 9.17) is 11.6 Å². The predicted octanol–water partition coefficient (Wildman–Crippen LogP) is 2.61. The Morgan fingerprint density at radius 1 is 1.41 bits per heavy atom. The summed E-state index contributed by atoms with van der Waals surface area (Å²) in [6.07, 6.45) is 6.01. The van der Waals surface area contributed by atoms with E-state index < -0.39 is 0 Å². The summed E-state index contributed by atoms with van der Waals surface area (Å²) < 4.78 is 3.37. The summed E-state index contributed by atoms with van der Waals surface area (Å²) in [6.45, 7) is 2.13. The Bertz CT molecular complexity index is 548. The molecule has 1 saturated heterocycles. The van der Waals surface area contributed by atoms with Crippen LogP contribution in [0.3, 0.4) is 0 Å². The number of aromatic nitrogens is 3. The van der Waals surface area contributed by atoms with Gasteiger partial charge in [0.1, 0.15) is 10.7 Å². The summed E-state index contributed by atoms with van der Waals surface area (Å²) in [5, 5.41) is 3.83. The molecule has 1 N–H and O–H groups in total. The van der Waals surface area contributed by atoms with Gasteiger partial charge in [-0.3, -0.25) is 0 Å². The molecule has 0 bridgehead atoms. The molecule has 0 radical (unpaired) electrons. The summed E-state index contributed by atoms with van der Waals surface area (Å²) in [7, 11) is 0. The van der Waals surface area contributed by atoms with Gasteiger partial charge in [-0.1, -0.05) is 11.6 Å². The highest BCUT2D eigenvalue weighted by Crippen LogP contribution is 2.27. The van der Waals surface area contributed by atoms with E-state index in [2.05, 4.69) is 48.6 Å². The van der Waals surface area contributed by atoms with Crippen molar-refractivity contribution in [2.45, 2.75) is 18.9 Å². The zero-order chi connectivity index (χ0) is 11.8. The maximum atomic E-state index is 5.94. The van der Waals surface area contributed by atoms with Gasteiger partial charge in [-0.15, -0.1) is 0 Å². The lowest BCUT2D eigenvalue weighted by Gasteiger charge is -2.24. The highest BCUT2D eigenvalue weighted by Gasteiger charge is 2.19. The third-order valence-electron chi connectivity index (χ3n) is 3.15. The summed E-state index contributed by atoms with van der Waals surface area (Å²) in [4.78, 5) is 8.77. The number of halogens is 2. The van der Waals surface area contributed by atoms with Crippen LogP contribution in [0.5, 0.6) is 0 Å². The Hall–Kier alpha value is -0.400. The Labute approximate surface area is 118 Å². The molecule has 2 aromatic heterocycles. The SMILES string of the molecule is Clc1cnc2c(I)cn(C3CCNCC3)c2n1. The van der Waals surface area contributed by atoms with E-state index in [0.717, 1.165) is 40.7 Å². The smallest absolute Gasteiger partial charge is 0.161 e. The number of piperidine rings is 1. The minimum Gasteiger partial charge on any atom is -0.327 e. The summed E-state index contributed by atoms with van der Waals surface area (Å²) >= 11 is 8.24. The van der Waals surface area contributed by atoms with Crippen LogP contribution in [0.25, 0.3) is 11.2 Å². The molecule has 3 heterocycles. The molecule has 0 saturated carbocycles. The quantitative estimate of drug-likeness (QED) is 0.793. The molecule has 1 aliphatic rings. The maximum Gasteiger partial charge on any atom is 0.161 e. The Morgan fingerprint density at radius 3 is 2.94 bits per heavy atom. The number of hydrogen-bond acceptors (Lipinski definition) is 3. The molecule has 0 aromatic carbocycles. The van der Waals surface area contributed by atoms with Crippen molar-refractivity contribution < 1.29 is 0 Å². The molecule has 6 heteroatoms. The van der Waals surface area contributed by atoms with Gasteiger partial charge in [0.2, 0.25) is 0 Å². The molecule has 2 aromatic rings. The van der Waals surface area contributed by atoms with Crippen molar-refractivity contribution in [3.8, 4) is 0 Å². The topological polar surface area (TPSA) is 42.7 Å². The molecule has 17 heavy (non-hydrogen) atoms. The van der Waals surface area contributed by atoms with Crippen molar-refractivity contribution in [3.05, 3.63) is 21.1 Å². The van der Waals surface area contributed by atoms with Crippen LogP contribution in [0, 0.1) is 3.57 Å². The number of nitrogens with one attached hydrogen (secondary N) is 1. The molecule has 4 nitrogen and oxygen atoms in total. The summed E-state index contributed by atoms with van der Waals surface area (Å²) in [5.41, 5.74) is 1.86. The third-order valence-corrected chi connectivity index (χ3v) is 4.12. The molecule has 1 aliphatic heterocycles. The van der Waals surface area contributed by atoms with Crippen LogP contribution >= 0.6 is 34.2 Å². The van der Waals surface area contributed by atoms with Gasteiger partial charge >= 0.3 is 0 Å². The van der Waals surface area contributed by atoms with Crippen molar-refractivity contribution >= 4 is 45.4 Å². The maximum absolute atomic E-state index is 5.94. The lowest BCUT2D eigenvalue weighted by Crippen LogP contribution is -2.29. The third kappa shape index (κ3) is 2.15. The van der Waals surface area contributed by atoms with Gasteiger partial charge in [0, 0.05) is 12.2 Å². The van der Waals surface area contributed by atoms with E-state index >= 15 is 0 Å². The van der Waals surface area contributed by atoms with Gasteiger partial charge in [-0.25, -0.2) is 9.97 Å². The molecule has 0 unspecified atom stereocenters. The van der Waals surface area contributed by atoms with E-state index in [-0.39, 0.29) is 0 Å². The first kappa shape index (κ1) is 11.7. The minimum absolute atomic E-state index is 0.460. The fraction of sp³-hybridized carbons (Fsp3) is 0.455. The van der Waals surface area contributed by atoms with E-state index in [1.807, 2.05) is 0 Å². The van der Waals surface area contributed by atoms with Crippen molar-refractivity contribution in [2.24, 2.45) is 0 Å². The zero-order valence-electron chi connectivity index (χ0n) is 9.16. The minimum atomic E-state index is 0.460. The van der Waals surface area contributed by atoms with Crippen molar-refractivity contribution in [1.82, 2.24) is 19.9 Å². The van der Waals surface area contributed by atoms with Crippen molar-refractivity contribution in [1.29, 1.82) is 0 Å². The van der Waals surface area contributed by atoms with Crippen molar-refractivity contribution in [3.63, 3.8) is 0 Å². The lowest BCUT2D eigenvalue weighted by atomic mass is 10.1. The Morgan fingerprint density at radius 2 is 2.18 bits per heavy atom. The first-order valence-corrected chi connectivity index (χ1v) is 7.10. The Kier molecular flexibility index (Phi) is 3.23. The molecule has 1 fully saturated rings. The molecule has 0 spiro atoms. The average molecular weight is 363 g/mol.